The van der Waals surface area contributed by atoms with Crippen molar-refractivity contribution in [2.75, 3.05) is 0 Å². The maximum Gasteiger partial charge on any atom is 0.245 e. The Hall–Kier alpha value is -1.35. The van der Waals surface area contributed by atoms with Gasteiger partial charge in [0.05, 0.1) is 12.1 Å². The van der Waals surface area contributed by atoms with Gasteiger partial charge in [0.25, 0.3) is 0 Å². The lowest BCUT2D eigenvalue weighted by atomic mass is 10.1. The second kappa shape index (κ2) is 3.80. The molecule has 0 fully saturated rings. The van der Waals surface area contributed by atoms with E-state index in [1.165, 1.54) is 0 Å². The van der Waals surface area contributed by atoms with Gasteiger partial charge in [0.2, 0.25) is 5.91 Å². The number of carbonyl (C=O) groups is 1. The van der Waals surface area contributed by atoms with E-state index < -0.39 is 0 Å². The Balaban J connectivity index is 2.04. The Morgan fingerprint density at radius 2 is 2.07 bits per heavy atom. The average molecular weight is 209 g/mol. The van der Waals surface area contributed by atoms with Crippen LogP contribution in [0.15, 0.2) is 29.4 Å². The fraction of sp³-hybridized carbons (Fsp3) is 0.200. The Morgan fingerprint density at radius 1 is 1.36 bits per heavy atom. The molecule has 0 saturated heterocycles. The van der Waals surface area contributed by atoms with Crippen LogP contribution < -0.4 is 5.43 Å². The summed E-state index contributed by atoms with van der Waals surface area (Å²) in [6, 6.07) is 7.55. The maximum absolute atomic E-state index is 10.9. The Bertz CT molecular complexity index is 384. The van der Waals surface area contributed by atoms with Crippen LogP contribution in [0.25, 0.3) is 0 Å². The molecule has 1 heterocycles. The van der Waals surface area contributed by atoms with Gasteiger partial charge in [-0.15, -0.1) is 0 Å². The number of hydrazone groups is 1. The van der Waals surface area contributed by atoms with Crippen molar-refractivity contribution in [3.05, 3.63) is 34.9 Å². The molecule has 0 aliphatic carbocycles. The van der Waals surface area contributed by atoms with Crippen LogP contribution in [0.4, 0.5) is 0 Å². The van der Waals surface area contributed by atoms with Crippen molar-refractivity contribution < 1.29 is 4.79 Å². The van der Waals surface area contributed by atoms with Gasteiger partial charge in [-0.1, -0.05) is 23.7 Å². The molecule has 0 aromatic heterocycles. The minimum atomic E-state index is -0.0334. The zero-order valence-corrected chi connectivity index (χ0v) is 8.21. The van der Waals surface area contributed by atoms with Crippen LogP contribution in [-0.2, 0) is 11.2 Å². The first-order chi connectivity index (χ1) is 6.74. The first-order valence-corrected chi connectivity index (χ1v) is 4.70. The number of nitrogens with one attached hydrogen (secondary N) is 1. The quantitative estimate of drug-likeness (QED) is 0.791. The predicted molar refractivity (Wildman–Crippen MR) is 55.4 cm³/mol. The fourth-order valence-corrected chi connectivity index (χ4v) is 1.47. The highest BCUT2D eigenvalue weighted by atomic mass is 35.5. The van der Waals surface area contributed by atoms with Crippen molar-refractivity contribution in [1.29, 1.82) is 0 Å². The summed E-state index contributed by atoms with van der Waals surface area (Å²) in [6.45, 7) is 0. The minimum absolute atomic E-state index is 0.0334. The number of halogens is 1. The van der Waals surface area contributed by atoms with E-state index in [1.54, 1.807) is 0 Å². The third-order valence-electron chi connectivity index (χ3n) is 2.02. The van der Waals surface area contributed by atoms with Crippen molar-refractivity contribution in [3.8, 4) is 0 Å². The number of hydrogen-bond donors (Lipinski definition) is 1. The Labute approximate surface area is 86.8 Å². The SMILES string of the molecule is O=C1CC(Cc2ccc(Cl)cc2)=NN1. The molecule has 1 aromatic carbocycles. The molecule has 0 saturated carbocycles. The average Bonchev–Trinajstić information content (AvgIpc) is 2.56. The summed E-state index contributed by atoms with van der Waals surface area (Å²) in [5.74, 6) is -0.0334. The number of amides is 1. The second-order valence-corrected chi connectivity index (χ2v) is 3.63. The monoisotopic (exact) mass is 208 g/mol. The summed E-state index contributed by atoms with van der Waals surface area (Å²) in [5, 5.41) is 4.64. The molecule has 0 bridgehead atoms. The van der Waals surface area contributed by atoms with Crippen molar-refractivity contribution in [3.63, 3.8) is 0 Å². The van der Waals surface area contributed by atoms with Crippen molar-refractivity contribution in [1.82, 2.24) is 5.43 Å². The molecule has 1 amide bonds. The van der Waals surface area contributed by atoms with Crippen LogP contribution in [0.3, 0.4) is 0 Å². The van der Waals surface area contributed by atoms with Crippen LogP contribution >= 0.6 is 11.6 Å². The fourth-order valence-electron chi connectivity index (χ4n) is 1.35. The van der Waals surface area contributed by atoms with Gasteiger partial charge < -0.3 is 0 Å². The topological polar surface area (TPSA) is 41.5 Å². The molecule has 0 atom stereocenters. The van der Waals surface area contributed by atoms with E-state index in [0.717, 1.165) is 16.3 Å². The third kappa shape index (κ3) is 2.12. The van der Waals surface area contributed by atoms with Gasteiger partial charge in [-0.25, -0.2) is 5.43 Å². The highest BCUT2D eigenvalue weighted by Gasteiger charge is 2.14. The molecular formula is C10H9ClN2O. The third-order valence-corrected chi connectivity index (χ3v) is 2.28. The van der Waals surface area contributed by atoms with Gasteiger partial charge >= 0.3 is 0 Å². The van der Waals surface area contributed by atoms with E-state index in [4.69, 9.17) is 11.6 Å². The first-order valence-electron chi connectivity index (χ1n) is 4.33. The molecular weight excluding hydrogens is 200 g/mol. The van der Waals surface area contributed by atoms with Gasteiger partial charge in [0.1, 0.15) is 0 Å². The van der Waals surface area contributed by atoms with E-state index in [-0.39, 0.29) is 5.91 Å². The summed E-state index contributed by atoms with van der Waals surface area (Å²) in [5.41, 5.74) is 4.41. The van der Waals surface area contributed by atoms with Gasteiger partial charge in [0.15, 0.2) is 0 Å². The minimum Gasteiger partial charge on any atom is -0.273 e. The summed E-state index contributed by atoms with van der Waals surface area (Å²) >= 11 is 5.75. The van der Waals surface area contributed by atoms with Gasteiger partial charge in [-0.3, -0.25) is 4.79 Å². The lowest BCUT2D eigenvalue weighted by Crippen LogP contribution is -2.09. The van der Waals surface area contributed by atoms with Crippen molar-refractivity contribution >= 4 is 23.2 Å². The standard InChI is InChI=1S/C10H9ClN2O/c11-8-3-1-7(2-4-8)5-9-6-10(14)13-12-9/h1-4H,5-6H2,(H,13,14). The van der Waals surface area contributed by atoms with Crippen LogP contribution in [0.2, 0.25) is 5.02 Å². The molecule has 0 spiro atoms. The van der Waals surface area contributed by atoms with Crippen molar-refractivity contribution in [2.45, 2.75) is 12.8 Å². The van der Waals surface area contributed by atoms with Gasteiger partial charge in [-0.05, 0) is 17.7 Å². The molecule has 0 radical (unpaired) electrons. The second-order valence-electron chi connectivity index (χ2n) is 3.19. The van der Waals surface area contributed by atoms with Crippen LogP contribution in [0, 0.1) is 0 Å². The predicted octanol–water partition coefficient (Wildman–Crippen LogP) is 1.76. The largest absolute Gasteiger partial charge is 0.273 e. The number of benzene rings is 1. The summed E-state index contributed by atoms with van der Waals surface area (Å²) in [7, 11) is 0. The van der Waals surface area contributed by atoms with Crippen molar-refractivity contribution in [2.24, 2.45) is 5.10 Å². The molecule has 1 aliphatic rings. The normalized spacial score (nSPS) is 15.2. The molecule has 0 unspecified atom stereocenters. The summed E-state index contributed by atoms with van der Waals surface area (Å²) < 4.78 is 0. The number of nitrogens with zero attached hydrogens (tertiary/aromatic N) is 1. The molecule has 1 aliphatic heterocycles. The lowest BCUT2D eigenvalue weighted by molar-refractivity contribution is -0.119. The van der Waals surface area contributed by atoms with Crippen LogP contribution in [0.5, 0.6) is 0 Å². The smallest absolute Gasteiger partial charge is 0.245 e. The van der Waals surface area contributed by atoms with E-state index in [1.807, 2.05) is 24.3 Å². The molecule has 1 N–H and O–H groups in total. The molecule has 72 valence electrons. The van der Waals surface area contributed by atoms with E-state index >= 15 is 0 Å². The summed E-state index contributed by atoms with van der Waals surface area (Å²) in [4.78, 5) is 10.9. The lowest BCUT2D eigenvalue weighted by Gasteiger charge is -1.98. The number of carbonyl (C=O) groups excluding carboxylic acids is 1. The van der Waals surface area contributed by atoms with Gasteiger partial charge in [-0.2, -0.15) is 5.10 Å². The molecule has 1 aromatic rings. The van der Waals surface area contributed by atoms with E-state index in [0.29, 0.717) is 12.8 Å². The number of rotatable bonds is 2. The number of hydrogen-bond acceptors (Lipinski definition) is 2. The Kier molecular flexibility index (Phi) is 2.50. The van der Waals surface area contributed by atoms with Crippen LogP contribution in [-0.4, -0.2) is 11.6 Å². The Morgan fingerprint density at radius 3 is 2.64 bits per heavy atom. The summed E-state index contributed by atoms with van der Waals surface area (Å²) in [6.07, 6.45) is 1.11. The first kappa shape index (κ1) is 9.21. The molecule has 14 heavy (non-hydrogen) atoms. The van der Waals surface area contributed by atoms with Gasteiger partial charge in [0, 0.05) is 11.4 Å². The molecule has 3 nitrogen and oxygen atoms in total. The van der Waals surface area contributed by atoms with Crippen LogP contribution in [0.1, 0.15) is 12.0 Å². The highest BCUT2D eigenvalue weighted by molar-refractivity contribution is 6.30. The van der Waals surface area contributed by atoms with E-state index in [9.17, 15) is 4.79 Å². The molecule has 2 rings (SSSR count). The maximum atomic E-state index is 10.9. The highest BCUT2D eigenvalue weighted by Crippen LogP contribution is 2.11. The zero-order valence-electron chi connectivity index (χ0n) is 7.46. The zero-order chi connectivity index (χ0) is 9.97. The van der Waals surface area contributed by atoms with E-state index in [2.05, 4.69) is 10.5 Å². The molecule has 4 heteroatoms.